The van der Waals surface area contributed by atoms with Crippen LogP contribution in [0.1, 0.15) is 11.1 Å². The highest BCUT2D eigenvalue weighted by atomic mass is 19.1. The Morgan fingerprint density at radius 3 is 2.73 bits per heavy atom. The van der Waals surface area contributed by atoms with Crippen molar-refractivity contribution in [2.45, 2.75) is 6.42 Å². The molecule has 0 fully saturated rings. The molecule has 1 aromatic rings. The molecule has 0 bridgehead atoms. The zero-order valence-electron chi connectivity index (χ0n) is 8.96. The van der Waals surface area contributed by atoms with Gasteiger partial charge in [0.05, 0.1) is 6.42 Å². The Balaban J connectivity index is 2.87. The maximum atomic E-state index is 13.1. The second kappa shape index (κ2) is 4.73. The highest BCUT2D eigenvalue weighted by molar-refractivity contribution is 5.78. The molecule has 2 nitrogen and oxygen atoms in total. The highest BCUT2D eigenvalue weighted by Gasteiger charge is 2.07. The van der Waals surface area contributed by atoms with Crippen molar-refractivity contribution >= 4 is 12.0 Å². The van der Waals surface area contributed by atoms with Gasteiger partial charge in [-0.05, 0) is 17.7 Å². The first kappa shape index (κ1) is 11.4. The molecule has 0 N–H and O–H groups in total. The van der Waals surface area contributed by atoms with Crippen molar-refractivity contribution in [1.82, 2.24) is 4.90 Å². The molecule has 0 aliphatic rings. The molecular weight excluding hydrogens is 193 g/mol. The lowest BCUT2D eigenvalue weighted by Gasteiger charge is -2.10. The van der Waals surface area contributed by atoms with Gasteiger partial charge in [-0.1, -0.05) is 18.7 Å². The van der Waals surface area contributed by atoms with E-state index in [-0.39, 0.29) is 18.1 Å². The summed E-state index contributed by atoms with van der Waals surface area (Å²) in [5.41, 5.74) is 1.23. The normalized spacial score (nSPS) is 9.80. The second-order valence-corrected chi connectivity index (χ2v) is 3.52. The molecule has 0 aliphatic carbocycles. The number of benzene rings is 1. The van der Waals surface area contributed by atoms with Gasteiger partial charge in [0.25, 0.3) is 0 Å². The monoisotopic (exact) mass is 207 g/mol. The van der Waals surface area contributed by atoms with Crippen LogP contribution in [0.15, 0.2) is 24.8 Å². The average Bonchev–Trinajstić information content (AvgIpc) is 2.20. The van der Waals surface area contributed by atoms with Crippen molar-refractivity contribution in [2.24, 2.45) is 0 Å². The number of hydrogen-bond acceptors (Lipinski definition) is 1. The van der Waals surface area contributed by atoms with E-state index in [1.54, 1.807) is 26.2 Å². The number of rotatable bonds is 3. The van der Waals surface area contributed by atoms with Gasteiger partial charge in [-0.15, -0.1) is 0 Å². The Morgan fingerprint density at radius 1 is 1.53 bits per heavy atom. The van der Waals surface area contributed by atoms with Crippen LogP contribution in [0.25, 0.3) is 6.08 Å². The molecular formula is C12H14FNO. The molecule has 0 spiro atoms. The third-order valence-electron chi connectivity index (χ3n) is 2.13. The van der Waals surface area contributed by atoms with Gasteiger partial charge in [0.1, 0.15) is 5.82 Å². The van der Waals surface area contributed by atoms with Crippen LogP contribution < -0.4 is 0 Å². The van der Waals surface area contributed by atoms with Crippen LogP contribution in [0.5, 0.6) is 0 Å². The largest absolute Gasteiger partial charge is 0.349 e. The maximum Gasteiger partial charge on any atom is 0.226 e. The van der Waals surface area contributed by atoms with E-state index in [0.29, 0.717) is 5.56 Å². The Bertz CT molecular complexity index is 385. The van der Waals surface area contributed by atoms with Crippen LogP contribution in [-0.2, 0) is 11.2 Å². The van der Waals surface area contributed by atoms with Crippen LogP contribution in [0.4, 0.5) is 4.39 Å². The van der Waals surface area contributed by atoms with Crippen molar-refractivity contribution in [1.29, 1.82) is 0 Å². The first-order valence-corrected chi connectivity index (χ1v) is 4.65. The fourth-order valence-corrected chi connectivity index (χ4v) is 1.19. The summed E-state index contributed by atoms with van der Waals surface area (Å²) in [5, 5.41) is 0. The Morgan fingerprint density at radius 2 is 2.20 bits per heavy atom. The van der Waals surface area contributed by atoms with Crippen LogP contribution >= 0.6 is 0 Å². The maximum absolute atomic E-state index is 13.1. The number of carbonyl (C=O) groups is 1. The van der Waals surface area contributed by atoms with Gasteiger partial charge in [0.15, 0.2) is 0 Å². The van der Waals surface area contributed by atoms with E-state index in [9.17, 15) is 9.18 Å². The second-order valence-electron chi connectivity index (χ2n) is 3.52. The first-order valence-electron chi connectivity index (χ1n) is 4.65. The predicted octanol–water partition coefficient (Wildman–Crippen LogP) is 2.10. The molecule has 1 amide bonds. The van der Waals surface area contributed by atoms with E-state index in [4.69, 9.17) is 0 Å². The zero-order chi connectivity index (χ0) is 11.4. The topological polar surface area (TPSA) is 20.3 Å². The van der Waals surface area contributed by atoms with Gasteiger partial charge in [-0.25, -0.2) is 4.39 Å². The summed E-state index contributed by atoms with van der Waals surface area (Å²) < 4.78 is 13.1. The summed E-state index contributed by atoms with van der Waals surface area (Å²) in [5.74, 6) is -0.317. The van der Waals surface area contributed by atoms with Gasteiger partial charge in [-0.3, -0.25) is 4.79 Å². The minimum atomic E-state index is -0.314. The minimum Gasteiger partial charge on any atom is -0.349 e. The molecule has 0 radical (unpaired) electrons. The molecule has 3 heteroatoms. The first-order chi connectivity index (χ1) is 7.04. The van der Waals surface area contributed by atoms with Gasteiger partial charge in [-0.2, -0.15) is 0 Å². The third kappa shape index (κ3) is 2.91. The van der Waals surface area contributed by atoms with Crippen molar-refractivity contribution in [3.05, 3.63) is 41.7 Å². The molecule has 0 unspecified atom stereocenters. The van der Waals surface area contributed by atoms with E-state index < -0.39 is 0 Å². The van der Waals surface area contributed by atoms with Gasteiger partial charge in [0.2, 0.25) is 5.91 Å². The summed E-state index contributed by atoms with van der Waals surface area (Å²) in [6, 6.07) is 4.61. The Labute approximate surface area is 89.0 Å². The summed E-state index contributed by atoms with van der Waals surface area (Å²) in [6.45, 7) is 3.51. The number of halogens is 1. The standard InChI is InChI=1S/C12H14FNO/c1-4-10-7-9(5-6-11(10)13)8-12(15)14(2)3/h4-7H,1,8H2,2-3H3. The van der Waals surface area contributed by atoms with Gasteiger partial charge >= 0.3 is 0 Å². The van der Waals surface area contributed by atoms with Crippen LogP contribution in [0, 0.1) is 5.82 Å². The van der Waals surface area contributed by atoms with Gasteiger partial charge < -0.3 is 4.90 Å². The van der Waals surface area contributed by atoms with E-state index in [2.05, 4.69) is 6.58 Å². The van der Waals surface area contributed by atoms with E-state index in [0.717, 1.165) is 5.56 Å². The third-order valence-corrected chi connectivity index (χ3v) is 2.13. The molecule has 1 rings (SSSR count). The lowest BCUT2D eigenvalue weighted by molar-refractivity contribution is -0.127. The Kier molecular flexibility index (Phi) is 3.61. The number of nitrogens with zero attached hydrogens (tertiary/aromatic N) is 1. The molecule has 0 saturated heterocycles. The quantitative estimate of drug-likeness (QED) is 0.743. The van der Waals surface area contributed by atoms with E-state index in [1.807, 2.05) is 0 Å². The molecule has 0 heterocycles. The summed E-state index contributed by atoms with van der Waals surface area (Å²) in [6.07, 6.45) is 1.73. The molecule has 80 valence electrons. The van der Waals surface area contributed by atoms with E-state index in [1.165, 1.54) is 17.0 Å². The SMILES string of the molecule is C=Cc1cc(CC(=O)N(C)C)ccc1F. The van der Waals surface area contributed by atoms with Crippen molar-refractivity contribution in [3.63, 3.8) is 0 Å². The van der Waals surface area contributed by atoms with Crippen molar-refractivity contribution < 1.29 is 9.18 Å². The minimum absolute atomic E-state index is 0.00313. The summed E-state index contributed by atoms with van der Waals surface area (Å²) >= 11 is 0. The van der Waals surface area contributed by atoms with Gasteiger partial charge in [0, 0.05) is 19.7 Å². The van der Waals surface area contributed by atoms with Crippen LogP contribution in [-0.4, -0.2) is 24.9 Å². The molecule has 1 aromatic carbocycles. The lowest BCUT2D eigenvalue weighted by Crippen LogP contribution is -2.23. The highest BCUT2D eigenvalue weighted by Crippen LogP contribution is 2.12. The average molecular weight is 207 g/mol. The molecule has 0 atom stereocenters. The fourth-order valence-electron chi connectivity index (χ4n) is 1.19. The predicted molar refractivity (Wildman–Crippen MR) is 58.9 cm³/mol. The summed E-state index contributed by atoms with van der Waals surface area (Å²) in [7, 11) is 3.39. The van der Waals surface area contributed by atoms with Crippen molar-refractivity contribution in [3.8, 4) is 0 Å². The fraction of sp³-hybridized carbons (Fsp3) is 0.250. The summed E-state index contributed by atoms with van der Waals surface area (Å²) in [4.78, 5) is 12.9. The molecule has 0 aliphatic heterocycles. The van der Waals surface area contributed by atoms with Crippen LogP contribution in [0.2, 0.25) is 0 Å². The lowest BCUT2D eigenvalue weighted by atomic mass is 10.1. The Hall–Kier alpha value is -1.64. The number of carbonyl (C=O) groups excluding carboxylic acids is 1. The molecule has 0 aromatic heterocycles. The molecule has 15 heavy (non-hydrogen) atoms. The number of hydrogen-bond donors (Lipinski definition) is 0. The van der Waals surface area contributed by atoms with Crippen molar-refractivity contribution in [2.75, 3.05) is 14.1 Å². The number of amides is 1. The van der Waals surface area contributed by atoms with E-state index >= 15 is 0 Å². The molecule has 0 saturated carbocycles. The zero-order valence-corrected chi connectivity index (χ0v) is 8.96. The number of likely N-dealkylation sites (N-methyl/N-ethyl adjacent to an activating group) is 1. The van der Waals surface area contributed by atoms with Crippen LogP contribution in [0.3, 0.4) is 0 Å². The smallest absolute Gasteiger partial charge is 0.226 e.